The summed E-state index contributed by atoms with van der Waals surface area (Å²) in [5.74, 6) is 0. The second-order valence-electron chi connectivity index (χ2n) is 1.22. The summed E-state index contributed by atoms with van der Waals surface area (Å²) < 4.78 is 0. The molecule has 0 unspecified atom stereocenters. The van der Waals surface area contributed by atoms with E-state index in [0.29, 0.717) is 6.54 Å². The summed E-state index contributed by atoms with van der Waals surface area (Å²) in [5.41, 5.74) is 11.2. The minimum absolute atomic E-state index is 0.566. The molecule has 0 rings (SSSR count). The van der Waals surface area contributed by atoms with Crippen molar-refractivity contribution in [2.24, 2.45) is 11.5 Å². The van der Waals surface area contributed by atoms with E-state index in [-0.39, 0.29) is 0 Å². The second kappa shape index (κ2) is 2.72. The highest BCUT2D eigenvalue weighted by molar-refractivity contribution is 4.95. The Balaban J connectivity index is 3.22. The van der Waals surface area contributed by atoms with E-state index in [1.165, 1.54) is 6.20 Å². The van der Waals surface area contributed by atoms with Crippen molar-refractivity contribution in [3.63, 3.8) is 0 Å². The molecule has 0 spiro atoms. The van der Waals surface area contributed by atoms with Gasteiger partial charge in [0.2, 0.25) is 0 Å². The summed E-state index contributed by atoms with van der Waals surface area (Å²) in [7, 11) is 0. The Morgan fingerprint density at radius 1 is 1.83 bits per heavy atom. The first-order valence-electron chi connectivity index (χ1n) is 1.88. The van der Waals surface area contributed by atoms with Crippen LogP contribution in [-0.4, -0.2) is 6.54 Å². The van der Waals surface area contributed by atoms with Crippen LogP contribution in [-0.2, 0) is 0 Å². The molecule has 0 heterocycles. The summed E-state index contributed by atoms with van der Waals surface area (Å²) in [6.45, 7) is 2.45. The second-order valence-corrected chi connectivity index (χ2v) is 1.22. The van der Waals surface area contributed by atoms with E-state index in [1.807, 2.05) is 6.92 Å². The van der Waals surface area contributed by atoms with Crippen molar-refractivity contribution in [3.8, 4) is 0 Å². The Bertz CT molecular complexity index is 56.6. The standard InChI is InChI=1S/C4H10N2/c1-4(2-5)3-6/h2H,3,5-6H2,1H3/b4-2+. The zero-order valence-electron chi connectivity index (χ0n) is 3.94. The van der Waals surface area contributed by atoms with E-state index >= 15 is 0 Å². The van der Waals surface area contributed by atoms with Crippen molar-refractivity contribution in [3.05, 3.63) is 11.8 Å². The number of hydrogen-bond acceptors (Lipinski definition) is 2. The fraction of sp³-hybridized carbons (Fsp3) is 0.500. The lowest BCUT2D eigenvalue weighted by molar-refractivity contribution is 1.12. The van der Waals surface area contributed by atoms with E-state index in [1.54, 1.807) is 0 Å². The maximum absolute atomic E-state index is 5.13. The van der Waals surface area contributed by atoms with Crippen molar-refractivity contribution in [1.82, 2.24) is 0 Å². The maximum atomic E-state index is 5.13. The largest absolute Gasteiger partial charge is 0.405 e. The van der Waals surface area contributed by atoms with Crippen molar-refractivity contribution in [2.45, 2.75) is 6.92 Å². The molecule has 2 nitrogen and oxygen atoms in total. The molecule has 0 aliphatic rings. The first-order valence-corrected chi connectivity index (χ1v) is 1.88. The van der Waals surface area contributed by atoms with Gasteiger partial charge in [-0.05, 0) is 18.7 Å². The topological polar surface area (TPSA) is 52.0 Å². The van der Waals surface area contributed by atoms with Gasteiger partial charge in [0.05, 0.1) is 0 Å². The SMILES string of the molecule is C/C(=C\N)CN. The average molecular weight is 86.1 g/mol. The van der Waals surface area contributed by atoms with E-state index in [2.05, 4.69) is 0 Å². The molecule has 0 fully saturated rings. The minimum atomic E-state index is 0.566. The summed E-state index contributed by atoms with van der Waals surface area (Å²) >= 11 is 0. The molecule has 0 radical (unpaired) electrons. The Morgan fingerprint density at radius 2 is 2.33 bits per heavy atom. The molecule has 0 atom stereocenters. The quantitative estimate of drug-likeness (QED) is 0.464. The highest BCUT2D eigenvalue weighted by Crippen LogP contribution is 1.78. The molecule has 0 bridgehead atoms. The van der Waals surface area contributed by atoms with Crippen LogP contribution in [0.25, 0.3) is 0 Å². The summed E-state index contributed by atoms with van der Waals surface area (Å²) in [6.07, 6.45) is 1.51. The zero-order chi connectivity index (χ0) is 4.99. The fourth-order valence-corrected chi connectivity index (χ4v) is 0.0680. The number of nitrogens with two attached hydrogens (primary N) is 2. The van der Waals surface area contributed by atoms with Crippen LogP contribution in [0.1, 0.15) is 6.92 Å². The molecule has 0 aliphatic heterocycles. The molecule has 2 heteroatoms. The van der Waals surface area contributed by atoms with E-state index in [9.17, 15) is 0 Å². The minimum Gasteiger partial charge on any atom is -0.405 e. The Hall–Kier alpha value is -0.500. The van der Waals surface area contributed by atoms with Crippen LogP contribution in [0.5, 0.6) is 0 Å². The van der Waals surface area contributed by atoms with Gasteiger partial charge in [-0.15, -0.1) is 0 Å². The molecule has 0 aromatic rings. The summed E-state index contributed by atoms with van der Waals surface area (Å²) in [5, 5.41) is 0. The third-order valence-electron chi connectivity index (χ3n) is 0.606. The van der Waals surface area contributed by atoms with E-state index < -0.39 is 0 Å². The van der Waals surface area contributed by atoms with Gasteiger partial charge < -0.3 is 11.5 Å². The molecule has 4 N–H and O–H groups in total. The van der Waals surface area contributed by atoms with Crippen LogP contribution in [0.15, 0.2) is 11.8 Å². The Labute approximate surface area is 37.8 Å². The molecule has 0 saturated carbocycles. The predicted octanol–water partition coefficient (Wildman–Crippen LogP) is -0.192. The van der Waals surface area contributed by atoms with Crippen LogP contribution in [0.3, 0.4) is 0 Å². The van der Waals surface area contributed by atoms with Gasteiger partial charge in [-0.1, -0.05) is 0 Å². The number of hydrogen-bond donors (Lipinski definition) is 2. The summed E-state index contributed by atoms with van der Waals surface area (Å²) in [4.78, 5) is 0. The van der Waals surface area contributed by atoms with Crippen LogP contribution in [0.2, 0.25) is 0 Å². The van der Waals surface area contributed by atoms with Crippen molar-refractivity contribution in [2.75, 3.05) is 6.54 Å². The number of rotatable bonds is 1. The molecule has 0 aliphatic carbocycles. The molecule has 0 amide bonds. The van der Waals surface area contributed by atoms with Gasteiger partial charge in [0, 0.05) is 6.54 Å². The van der Waals surface area contributed by atoms with Crippen LogP contribution in [0, 0.1) is 0 Å². The monoisotopic (exact) mass is 86.1 g/mol. The first-order chi connectivity index (χ1) is 2.81. The molecule has 0 aromatic heterocycles. The normalized spacial score (nSPS) is 12.0. The lowest BCUT2D eigenvalue weighted by Gasteiger charge is -1.85. The van der Waals surface area contributed by atoms with Crippen molar-refractivity contribution < 1.29 is 0 Å². The predicted molar refractivity (Wildman–Crippen MR) is 27.0 cm³/mol. The van der Waals surface area contributed by atoms with Gasteiger partial charge >= 0.3 is 0 Å². The van der Waals surface area contributed by atoms with Crippen molar-refractivity contribution >= 4 is 0 Å². The molecular formula is C4H10N2. The van der Waals surface area contributed by atoms with Crippen LogP contribution in [0.4, 0.5) is 0 Å². The Morgan fingerprint density at radius 3 is 2.33 bits per heavy atom. The molecule has 6 heavy (non-hydrogen) atoms. The zero-order valence-corrected chi connectivity index (χ0v) is 3.94. The molecule has 0 saturated heterocycles. The van der Waals surface area contributed by atoms with Gasteiger partial charge in [0.25, 0.3) is 0 Å². The fourth-order valence-electron chi connectivity index (χ4n) is 0.0680. The third-order valence-corrected chi connectivity index (χ3v) is 0.606. The lowest BCUT2D eigenvalue weighted by Crippen LogP contribution is -2.01. The van der Waals surface area contributed by atoms with Gasteiger partial charge in [-0.3, -0.25) is 0 Å². The lowest BCUT2D eigenvalue weighted by atomic mass is 10.3. The highest BCUT2D eigenvalue weighted by Gasteiger charge is 1.73. The maximum Gasteiger partial charge on any atom is 0.0151 e. The third kappa shape index (κ3) is 1.79. The van der Waals surface area contributed by atoms with Gasteiger partial charge in [0.1, 0.15) is 0 Å². The molecule has 0 aromatic carbocycles. The highest BCUT2D eigenvalue weighted by atomic mass is 14.6. The molecular weight excluding hydrogens is 76.1 g/mol. The van der Waals surface area contributed by atoms with Crippen molar-refractivity contribution in [1.29, 1.82) is 0 Å². The first kappa shape index (κ1) is 5.50. The van der Waals surface area contributed by atoms with Gasteiger partial charge in [0.15, 0.2) is 0 Å². The molecule has 36 valence electrons. The summed E-state index contributed by atoms with van der Waals surface area (Å²) in [6, 6.07) is 0. The average Bonchev–Trinajstić information content (AvgIpc) is 1.65. The smallest absolute Gasteiger partial charge is 0.0151 e. The van der Waals surface area contributed by atoms with Crippen LogP contribution >= 0.6 is 0 Å². The van der Waals surface area contributed by atoms with E-state index in [0.717, 1.165) is 5.57 Å². The van der Waals surface area contributed by atoms with E-state index in [4.69, 9.17) is 11.5 Å². The Kier molecular flexibility index (Phi) is 2.50. The van der Waals surface area contributed by atoms with Gasteiger partial charge in [-0.2, -0.15) is 0 Å². The van der Waals surface area contributed by atoms with Crippen LogP contribution < -0.4 is 11.5 Å². The van der Waals surface area contributed by atoms with Gasteiger partial charge in [-0.25, -0.2) is 0 Å².